The second kappa shape index (κ2) is 7.41. The van der Waals surface area contributed by atoms with Gasteiger partial charge >= 0.3 is 0 Å². The number of anilines is 1. The van der Waals surface area contributed by atoms with E-state index in [1.165, 1.54) is 16.2 Å². The van der Waals surface area contributed by atoms with Gasteiger partial charge in [-0.15, -0.1) is 11.3 Å². The van der Waals surface area contributed by atoms with Crippen LogP contribution in [0.4, 0.5) is 5.88 Å². The summed E-state index contributed by atoms with van der Waals surface area (Å²) in [6, 6.07) is 10.9. The van der Waals surface area contributed by atoms with Crippen LogP contribution in [-0.4, -0.2) is 23.2 Å². The monoisotopic (exact) mass is 422 g/mol. The number of nitrogens with one attached hydrogen (secondary N) is 1. The van der Waals surface area contributed by atoms with Gasteiger partial charge in [0.25, 0.3) is 0 Å². The number of fused-ring (bicyclic) bond motifs is 2. The van der Waals surface area contributed by atoms with Gasteiger partial charge in [-0.25, -0.2) is 4.98 Å². The number of benzene rings is 2. The Kier molecular flexibility index (Phi) is 4.72. The van der Waals surface area contributed by atoms with Gasteiger partial charge in [0.1, 0.15) is 22.9 Å². The van der Waals surface area contributed by atoms with Crippen molar-refractivity contribution in [3.05, 3.63) is 52.2 Å². The number of likely N-dealkylation sites (tertiary alicyclic amines) is 1. The maximum Gasteiger partial charge on any atom is 0.205 e. The SMILES string of the molecule is CC1CC[NH+](Cc2c(O)ccc3c(=O)c(-c4nc5ccccc5s4)c(N)oc23)CC1. The second-order valence-electron chi connectivity index (χ2n) is 8.21. The van der Waals surface area contributed by atoms with Crippen LogP contribution in [0.5, 0.6) is 5.75 Å². The van der Waals surface area contributed by atoms with Crippen molar-refractivity contribution < 1.29 is 14.4 Å². The molecule has 0 aliphatic carbocycles. The number of phenolic OH excluding ortho intramolecular Hbond substituents is 1. The van der Waals surface area contributed by atoms with Gasteiger partial charge in [-0.1, -0.05) is 19.1 Å². The maximum absolute atomic E-state index is 13.4. The molecule has 6 nitrogen and oxygen atoms in total. The largest absolute Gasteiger partial charge is 0.507 e. The van der Waals surface area contributed by atoms with Crippen molar-refractivity contribution in [3.63, 3.8) is 0 Å². The molecule has 2 aromatic carbocycles. The third kappa shape index (κ3) is 3.24. The number of piperidine rings is 1. The summed E-state index contributed by atoms with van der Waals surface area (Å²) in [7, 11) is 0. The molecule has 4 N–H and O–H groups in total. The van der Waals surface area contributed by atoms with E-state index >= 15 is 0 Å². The predicted octanol–water partition coefficient (Wildman–Crippen LogP) is 3.17. The number of aromatic hydroxyl groups is 1. The third-order valence-electron chi connectivity index (χ3n) is 6.08. The van der Waals surface area contributed by atoms with Crippen molar-refractivity contribution in [2.75, 3.05) is 18.8 Å². The van der Waals surface area contributed by atoms with Crippen LogP contribution in [0.2, 0.25) is 0 Å². The van der Waals surface area contributed by atoms with Gasteiger partial charge in [0.05, 0.1) is 34.3 Å². The van der Waals surface area contributed by atoms with Gasteiger partial charge in [0, 0.05) is 0 Å². The fraction of sp³-hybridized carbons (Fsp3) is 0.304. The van der Waals surface area contributed by atoms with Crippen LogP contribution in [0.15, 0.2) is 45.6 Å². The summed E-state index contributed by atoms with van der Waals surface area (Å²) in [6.45, 7) is 4.97. The molecular weight excluding hydrogens is 398 g/mol. The first-order valence-electron chi connectivity index (χ1n) is 10.3. The molecule has 0 amide bonds. The lowest BCUT2D eigenvalue weighted by atomic mass is 9.98. The number of hydrogen-bond acceptors (Lipinski definition) is 6. The molecule has 1 aliphatic heterocycles. The van der Waals surface area contributed by atoms with Crippen molar-refractivity contribution in [3.8, 4) is 16.3 Å². The molecule has 1 aliphatic rings. The molecule has 1 fully saturated rings. The molecule has 0 radical (unpaired) electrons. The van der Waals surface area contributed by atoms with Crippen molar-refractivity contribution in [1.82, 2.24) is 4.98 Å². The summed E-state index contributed by atoms with van der Waals surface area (Å²) >= 11 is 1.42. The van der Waals surface area contributed by atoms with E-state index in [2.05, 4.69) is 11.9 Å². The number of nitrogens with two attached hydrogens (primary N) is 1. The van der Waals surface area contributed by atoms with Gasteiger partial charge < -0.3 is 20.2 Å². The number of para-hydroxylation sites is 1. The molecule has 7 heteroatoms. The van der Waals surface area contributed by atoms with Crippen LogP contribution >= 0.6 is 11.3 Å². The Morgan fingerprint density at radius 2 is 2.00 bits per heavy atom. The highest BCUT2D eigenvalue weighted by Gasteiger charge is 2.25. The first-order chi connectivity index (χ1) is 14.5. The van der Waals surface area contributed by atoms with E-state index < -0.39 is 0 Å². The normalized spacial score (nSPS) is 19.5. The number of nitrogen functional groups attached to an aromatic ring is 1. The van der Waals surface area contributed by atoms with Crippen LogP contribution in [0.1, 0.15) is 25.3 Å². The molecule has 154 valence electrons. The highest BCUT2D eigenvalue weighted by atomic mass is 32.1. The van der Waals surface area contributed by atoms with Gasteiger partial charge in [-0.05, 0) is 43.0 Å². The molecule has 2 aromatic heterocycles. The van der Waals surface area contributed by atoms with Crippen LogP contribution in [0.25, 0.3) is 31.8 Å². The number of hydrogen-bond donors (Lipinski definition) is 3. The van der Waals surface area contributed by atoms with Crippen molar-refractivity contribution in [1.29, 1.82) is 0 Å². The third-order valence-corrected chi connectivity index (χ3v) is 7.14. The molecule has 0 spiro atoms. The van der Waals surface area contributed by atoms with Crippen LogP contribution in [0, 0.1) is 5.92 Å². The standard InChI is InChI=1S/C23H23N3O3S/c1-13-8-10-26(11-9-13)12-15-17(27)7-6-14-20(28)19(22(24)29-21(14)15)23-25-16-4-2-3-5-18(16)30-23/h2-7,13,27H,8-12,24H2,1H3/p+1. The topological polar surface area (TPSA) is 93.8 Å². The highest BCUT2D eigenvalue weighted by molar-refractivity contribution is 7.21. The van der Waals surface area contributed by atoms with E-state index in [4.69, 9.17) is 10.2 Å². The molecule has 0 saturated carbocycles. The van der Waals surface area contributed by atoms with Gasteiger partial charge in [0.15, 0.2) is 5.58 Å². The predicted molar refractivity (Wildman–Crippen MR) is 120 cm³/mol. The molecule has 30 heavy (non-hydrogen) atoms. The Morgan fingerprint density at radius 3 is 2.77 bits per heavy atom. The number of quaternary nitrogens is 1. The second-order valence-corrected chi connectivity index (χ2v) is 9.24. The summed E-state index contributed by atoms with van der Waals surface area (Å²) < 4.78 is 6.96. The van der Waals surface area contributed by atoms with Crippen molar-refractivity contribution in [2.24, 2.45) is 5.92 Å². The molecule has 0 atom stereocenters. The molecule has 5 rings (SSSR count). The molecule has 0 bridgehead atoms. The number of aromatic nitrogens is 1. The Morgan fingerprint density at radius 1 is 1.23 bits per heavy atom. The Hall–Kier alpha value is -2.90. The lowest BCUT2D eigenvalue weighted by Crippen LogP contribution is -3.11. The van der Waals surface area contributed by atoms with Crippen molar-refractivity contribution in [2.45, 2.75) is 26.3 Å². The average Bonchev–Trinajstić information content (AvgIpc) is 3.15. The van der Waals surface area contributed by atoms with E-state index in [1.807, 2.05) is 24.3 Å². The molecule has 0 unspecified atom stereocenters. The zero-order valence-corrected chi connectivity index (χ0v) is 17.6. The molecule has 4 aromatic rings. The Bertz CT molecular complexity index is 1270. The lowest BCUT2D eigenvalue weighted by Gasteiger charge is -2.27. The minimum Gasteiger partial charge on any atom is -0.507 e. The van der Waals surface area contributed by atoms with Crippen LogP contribution in [0.3, 0.4) is 0 Å². The van der Waals surface area contributed by atoms with E-state index in [0.717, 1.165) is 42.1 Å². The number of nitrogens with zero attached hydrogens (tertiary/aromatic N) is 1. The zero-order chi connectivity index (χ0) is 20.8. The van der Waals surface area contributed by atoms with Crippen LogP contribution in [-0.2, 0) is 6.54 Å². The summed E-state index contributed by atoms with van der Waals surface area (Å²) in [5.74, 6) is 0.921. The summed E-state index contributed by atoms with van der Waals surface area (Å²) in [4.78, 5) is 19.3. The molecular formula is C23H24N3O3S+. The number of phenols is 1. The minimum absolute atomic E-state index is 0.0423. The fourth-order valence-electron chi connectivity index (χ4n) is 4.27. The van der Waals surface area contributed by atoms with Gasteiger partial charge in [-0.2, -0.15) is 0 Å². The maximum atomic E-state index is 13.4. The number of thiazole rings is 1. The summed E-state index contributed by atoms with van der Waals surface area (Å²) in [5, 5.41) is 11.5. The first-order valence-corrected chi connectivity index (χ1v) is 11.1. The fourth-order valence-corrected chi connectivity index (χ4v) is 5.28. The van der Waals surface area contributed by atoms with Gasteiger partial charge in [-0.3, -0.25) is 4.79 Å². The average molecular weight is 423 g/mol. The Labute approximate surface area is 177 Å². The first kappa shape index (κ1) is 19.1. The Balaban J connectivity index is 1.62. The lowest BCUT2D eigenvalue weighted by molar-refractivity contribution is -0.919. The highest BCUT2D eigenvalue weighted by Crippen LogP contribution is 2.35. The summed E-state index contributed by atoms with van der Waals surface area (Å²) in [5.41, 5.74) is 8.16. The smallest absolute Gasteiger partial charge is 0.205 e. The quantitative estimate of drug-likeness (QED) is 0.472. The van der Waals surface area contributed by atoms with Gasteiger partial charge in [0.2, 0.25) is 11.3 Å². The number of rotatable bonds is 3. The minimum atomic E-state index is -0.212. The van der Waals surface area contributed by atoms with Crippen molar-refractivity contribution >= 4 is 38.4 Å². The van der Waals surface area contributed by atoms with E-state index in [0.29, 0.717) is 33.6 Å². The summed E-state index contributed by atoms with van der Waals surface area (Å²) in [6.07, 6.45) is 2.32. The van der Waals surface area contributed by atoms with Crippen LogP contribution < -0.4 is 16.1 Å². The zero-order valence-electron chi connectivity index (χ0n) is 16.8. The molecule has 3 heterocycles. The van der Waals surface area contributed by atoms with E-state index in [9.17, 15) is 9.90 Å². The van der Waals surface area contributed by atoms with E-state index in [-0.39, 0.29) is 17.1 Å². The molecule has 1 saturated heterocycles. The van der Waals surface area contributed by atoms with E-state index in [1.54, 1.807) is 12.1 Å².